The number of fused-ring (bicyclic) bond motifs is 2. The van der Waals surface area contributed by atoms with E-state index in [2.05, 4.69) is 82.6 Å². The summed E-state index contributed by atoms with van der Waals surface area (Å²) in [6.07, 6.45) is 14.4. The van der Waals surface area contributed by atoms with E-state index in [1.807, 2.05) is 60.9 Å². The number of carbonyl (C=O) groups excluding carboxylic acids is 2. The van der Waals surface area contributed by atoms with Crippen molar-refractivity contribution in [1.29, 1.82) is 0 Å². The molecular weight excluding hydrogens is 627 g/mol. The van der Waals surface area contributed by atoms with Gasteiger partial charge in [-0.15, -0.1) is 0 Å². The number of benzene rings is 4. The molecule has 0 saturated carbocycles. The van der Waals surface area contributed by atoms with Gasteiger partial charge < -0.3 is 4.90 Å². The van der Waals surface area contributed by atoms with Gasteiger partial charge in [-0.1, -0.05) is 84.9 Å². The molecule has 4 aromatic carbocycles. The standard InChI is InChI=1S/C23H22N2O.C23H21NO/c1-25-14-12-21-15-20(9-10-22(21)25)18-5-7-19(8-6-18)23(26)11-4-17-3-2-13-24-16-17;25-23(13-6-17-3-2-14-24-16-17)20-10-7-19(8-11-20)22-12-9-18-4-1-5-21(18)15-22/h2-3,5-10,13,15-16H,4,11-12,14H2,1H3;2-3,7-12,14-16H,1,4-6,13H2. The van der Waals surface area contributed by atoms with E-state index in [9.17, 15) is 9.59 Å². The van der Waals surface area contributed by atoms with Gasteiger partial charge in [-0.3, -0.25) is 19.6 Å². The van der Waals surface area contributed by atoms with Crippen molar-refractivity contribution >= 4 is 17.3 Å². The second kappa shape index (κ2) is 15.9. The predicted molar refractivity (Wildman–Crippen MR) is 207 cm³/mol. The van der Waals surface area contributed by atoms with Crippen molar-refractivity contribution in [2.24, 2.45) is 0 Å². The fraction of sp³-hybridized carbons (Fsp3) is 0.217. The zero-order valence-electron chi connectivity index (χ0n) is 29.2. The van der Waals surface area contributed by atoms with Crippen molar-refractivity contribution in [2.75, 3.05) is 18.5 Å². The predicted octanol–water partition coefficient (Wildman–Crippen LogP) is 9.61. The van der Waals surface area contributed by atoms with Gasteiger partial charge in [0.15, 0.2) is 11.6 Å². The average Bonchev–Trinajstić information content (AvgIpc) is 3.83. The van der Waals surface area contributed by atoms with Crippen LogP contribution in [0.5, 0.6) is 0 Å². The molecular formula is C46H43N3O2. The summed E-state index contributed by atoms with van der Waals surface area (Å²) in [6, 6.07) is 37.3. The van der Waals surface area contributed by atoms with Gasteiger partial charge in [0.25, 0.3) is 0 Å². The molecule has 0 amide bonds. The van der Waals surface area contributed by atoms with Gasteiger partial charge in [0, 0.05) is 68.0 Å². The van der Waals surface area contributed by atoms with E-state index in [1.54, 1.807) is 12.4 Å². The van der Waals surface area contributed by atoms with Crippen LogP contribution >= 0.6 is 0 Å². The molecule has 1 aliphatic heterocycles. The second-order valence-electron chi connectivity index (χ2n) is 13.6. The highest BCUT2D eigenvalue weighted by Crippen LogP contribution is 2.32. The second-order valence-corrected chi connectivity index (χ2v) is 13.6. The number of anilines is 1. The Hall–Kier alpha value is -5.68. The van der Waals surface area contributed by atoms with Crippen LogP contribution in [0.2, 0.25) is 0 Å². The topological polar surface area (TPSA) is 63.2 Å². The first kappa shape index (κ1) is 33.8. The summed E-state index contributed by atoms with van der Waals surface area (Å²) in [7, 11) is 2.14. The maximum atomic E-state index is 12.4. The molecule has 0 fully saturated rings. The first-order valence-electron chi connectivity index (χ1n) is 18.0. The number of carbonyl (C=O) groups is 2. The molecule has 8 rings (SSSR count). The van der Waals surface area contributed by atoms with E-state index in [0.29, 0.717) is 12.8 Å². The minimum atomic E-state index is 0.177. The van der Waals surface area contributed by atoms with Crippen LogP contribution < -0.4 is 4.90 Å². The molecule has 2 aromatic heterocycles. The molecule has 5 nitrogen and oxygen atoms in total. The lowest BCUT2D eigenvalue weighted by molar-refractivity contribution is 0.0975. The molecule has 1 aliphatic carbocycles. The van der Waals surface area contributed by atoms with Gasteiger partial charge in [0.2, 0.25) is 0 Å². The zero-order valence-corrected chi connectivity index (χ0v) is 29.2. The number of nitrogens with zero attached hydrogens (tertiary/aromatic N) is 3. The summed E-state index contributed by atoms with van der Waals surface area (Å²) in [6.45, 7) is 1.09. The van der Waals surface area contributed by atoms with Crippen molar-refractivity contribution in [2.45, 2.75) is 51.4 Å². The molecule has 0 spiro atoms. The lowest BCUT2D eigenvalue weighted by Crippen LogP contribution is -2.12. The Morgan fingerprint density at radius 1 is 0.569 bits per heavy atom. The number of aryl methyl sites for hydroxylation is 4. The maximum absolute atomic E-state index is 12.4. The van der Waals surface area contributed by atoms with Crippen molar-refractivity contribution in [3.63, 3.8) is 0 Å². The molecule has 51 heavy (non-hydrogen) atoms. The minimum absolute atomic E-state index is 0.177. The molecule has 2 aliphatic rings. The van der Waals surface area contributed by atoms with E-state index in [0.717, 1.165) is 53.6 Å². The average molecular weight is 670 g/mol. The van der Waals surface area contributed by atoms with Gasteiger partial charge in [0.1, 0.15) is 0 Å². The SMILES string of the molecule is CN1CCc2cc(-c3ccc(C(=O)CCc4cccnc4)cc3)ccc21.O=C(CCc1cccnc1)c1ccc(-c2ccc3c(c2)CCC3)cc1. The van der Waals surface area contributed by atoms with Crippen LogP contribution in [0.25, 0.3) is 22.3 Å². The van der Waals surface area contributed by atoms with E-state index >= 15 is 0 Å². The number of pyridine rings is 2. The number of hydrogen-bond donors (Lipinski definition) is 0. The van der Waals surface area contributed by atoms with Crippen molar-refractivity contribution in [3.05, 3.63) is 173 Å². The Balaban J connectivity index is 0.000000159. The fourth-order valence-corrected chi connectivity index (χ4v) is 7.09. The van der Waals surface area contributed by atoms with Crippen molar-refractivity contribution < 1.29 is 9.59 Å². The Morgan fingerprint density at radius 3 is 1.63 bits per heavy atom. The number of Topliss-reactive ketones (excluding diaryl/α,β-unsaturated/α-hetero) is 2. The summed E-state index contributed by atoms with van der Waals surface area (Å²) >= 11 is 0. The van der Waals surface area contributed by atoms with Crippen LogP contribution in [0.3, 0.4) is 0 Å². The number of likely N-dealkylation sites (N-methyl/N-ethyl adjacent to an activating group) is 1. The largest absolute Gasteiger partial charge is 0.374 e. The lowest BCUT2D eigenvalue weighted by atomic mass is 9.98. The fourth-order valence-electron chi connectivity index (χ4n) is 7.09. The lowest BCUT2D eigenvalue weighted by Gasteiger charge is -2.12. The highest BCUT2D eigenvalue weighted by atomic mass is 16.1. The molecule has 6 aromatic rings. The minimum Gasteiger partial charge on any atom is -0.374 e. The number of hydrogen-bond acceptors (Lipinski definition) is 5. The third kappa shape index (κ3) is 8.38. The molecule has 0 atom stereocenters. The first-order valence-corrected chi connectivity index (χ1v) is 18.0. The van der Waals surface area contributed by atoms with Gasteiger partial charge in [-0.05, 0) is 113 Å². The maximum Gasteiger partial charge on any atom is 0.163 e. The number of rotatable bonds is 10. The summed E-state index contributed by atoms with van der Waals surface area (Å²) in [5.41, 5.74) is 14.3. The van der Waals surface area contributed by atoms with Crippen LogP contribution in [0, 0.1) is 0 Å². The van der Waals surface area contributed by atoms with Gasteiger partial charge >= 0.3 is 0 Å². The number of aromatic nitrogens is 2. The van der Waals surface area contributed by atoms with Crippen LogP contribution in [0.1, 0.15) is 67.8 Å². The molecule has 5 heteroatoms. The third-order valence-corrected chi connectivity index (χ3v) is 10.1. The van der Waals surface area contributed by atoms with Crippen molar-refractivity contribution in [1.82, 2.24) is 9.97 Å². The molecule has 0 saturated heterocycles. The smallest absolute Gasteiger partial charge is 0.163 e. The van der Waals surface area contributed by atoms with Gasteiger partial charge in [-0.2, -0.15) is 0 Å². The Morgan fingerprint density at radius 2 is 1.08 bits per heavy atom. The Labute approximate surface area is 301 Å². The van der Waals surface area contributed by atoms with E-state index in [-0.39, 0.29) is 11.6 Å². The van der Waals surface area contributed by atoms with E-state index in [4.69, 9.17) is 0 Å². The van der Waals surface area contributed by atoms with Crippen LogP contribution in [-0.4, -0.2) is 35.1 Å². The first-order chi connectivity index (χ1) is 25.0. The van der Waals surface area contributed by atoms with E-state index in [1.165, 1.54) is 58.3 Å². The summed E-state index contributed by atoms with van der Waals surface area (Å²) in [5, 5.41) is 0. The van der Waals surface area contributed by atoms with Crippen LogP contribution in [0.4, 0.5) is 5.69 Å². The quantitative estimate of drug-likeness (QED) is 0.136. The molecule has 0 N–H and O–H groups in total. The molecule has 0 radical (unpaired) electrons. The van der Waals surface area contributed by atoms with Gasteiger partial charge in [-0.25, -0.2) is 0 Å². The van der Waals surface area contributed by atoms with E-state index < -0.39 is 0 Å². The Kier molecular flexibility index (Phi) is 10.5. The molecule has 0 bridgehead atoms. The van der Waals surface area contributed by atoms with Crippen LogP contribution in [-0.2, 0) is 32.1 Å². The summed E-state index contributed by atoms with van der Waals surface area (Å²) < 4.78 is 0. The van der Waals surface area contributed by atoms with Crippen LogP contribution in [0.15, 0.2) is 134 Å². The molecule has 0 unspecified atom stereocenters. The Bertz CT molecular complexity index is 2110. The summed E-state index contributed by atoms with van der Waals surface area (Å²) in [4.78, 5) is 35.3. The normalized spacial score (nSPS) is 12.8. The third-order valence-electron chi connectivity index (χ3n) is 10.1. The number of ketones is 2. The van der Waals surface area contributed by atoms with Crippen molar-refractivity contribution in [3.8, 4) is 22.3 Å². The molecule has 3 heterocycles. The molecule has 254 valence electrons. The van der Waals surface area contributed by atoms with Gasteiger partial charge in [0.05, 0.1) is 0 Å². The zero-order chi connectivity index (χ0) is 35.0. The highest BCUT2D eigenvalue weighted by Gasteiger charge is 2.16. The summed E-state index contributed by atoms with van der Waals surface area (Å²) in [5.74, 6) is 0.361. The highest BCUT2D eigenvalue weighted by molar-refractivity contribution is 5.97. The monoisotopic (exact) mass is 669 g/mol.